The van der Waals surface area contributed by atoms with Crippen LogP contribution in [0.4, 0.5) is 0 Å². The summed E-state index contributed by atoms with van der Waals surface area (Å²) in [5.74, 6) is 0.0653. The van der Waals surface area contributed by atoms with Gasteiger partial charge in [-0.15, -0.1) is 0 Å². The Hall–Kier alpha value is -1.07. The van der Waals surface area contributed by atoms with Crippen molar-refractivity contribution in [3.8, 4) is 0 Å². The minimum Gasteiger partial charge on any atom is -0.274 e. The Morgan fingerprint density at radius 2 is 1.75 bits per heavy atom. The molecule has 1 saturated carbocycles. The van der Waals surface area contributed by atoms with Gasteiger partial charge in [-0.25, -0.2) is 4.31 Å². The van der Waals surface area contributed by atoms with Gasteiger partial charge < -0.3 is 0 Å². The molecule has 1 aliphatic carbocycles. The molecule has 2 aliphatic rings. The van der Waals surface area contributed by atoms with Gasteiger partial charge in [0.25, 0.3) is 0 Å². The van der Waals surface area contributed by atoms with E-state index in [1.807, 2.05) is 18.2 Å². The third kappa shape index (κ3) is 2.23. The van der Waals surface area contributed by atoms with Crippen LogP contribution in [-0.4, -0.2) is 24.2 Å². The summed E-state index contributed by atoms with van der Waals surface area (Å²) in [6.07, 6.45) is 3.48. The molecular formula is C14H16ClNO3S. The molecule has 4 nitrogen and oxygen atoms in total. The van der Waals surface area contributed by atoms with E-state index in [9.17, 15) is 13.2 Å². The van der Waals surface area contributed by atoms with E-state index in [2.05, 4.69) is 12.1 Å². The predicted molar refractivity (Wildman–Crippen MR) is 76.6 cm³/mol. The predicted octanol–water partition coefficient (Wildman–Crippen LogP) is 2.80. The minimum absolute atomic E-state index is 0.306. The van der Waals surface area contributed by atoms with Crippen molar-refractivity contribution in [2.75, 3.05) is 0 Å². The summed E-state index contributed by atoms with van der Waals surface area (Å²) in [7, 11) is 1.43. The summed E-state index contributed by atoms with van der Waals surface area (Å²) in [4.78, 5) is 11.6. The largest absolute Gasteiger partial charge is 0.324 e. The van der Waals surface area contributed by atoms with Crippen LogP contribution in [0.2, 0.25) is 0 Å². The summed E-state index contributed by atoms with van der Waals surface area (Å²) < 4.78 is 23.9. The lowest BCUT2D eigenvalue weighted by molar-refractivity contribution is -0.147. The molecule has 0 N–H and O–H groups in total. The third-order valence-corrected chi connectivity index (χ3v) is 5.98. The van der Waals surface area contributed by atoms with Gasteiger partial charge in [0.1, 0.15) is 0 Å². The normalized spacial score (nSPS) is 30.4. The molecule has 20 heavy (non-hydrogen) atoms. The zero-order valence-electron chi connectivity index (χ0n) is 11.0. The summed E-state index contributed by atoms with van der Waals surface area (Å²) in [6.45, 7) is 0. The lowest BCUT2D eigenvalue weighted by Crippen LogP contribution is -2.65. The van der Waals surface area contributed by atoms with Crippen LogP contribution < -0.4 is 0 Å². The van der Waals surface area contributed by atoms with Crippen molar-refractivity contribution in [2.45, 2.75) is 43.6 Å². The lowest BCUT2D eigenvalue weighted by atomic mass is 9.69. The maximum Gasteiger partial charge on any atom is 0.324 e. The first-order chi connectivity index (χ1) is 9.42. The van der Waals surface area contributed by atoms with Gasteiger partial charge in [-0.3, -0.25) is 4.79 Å². The Labute approximate surface area is 123 Å². The molecule has 108 valence electrons. The molecule has 1 saturated heterocycles. The molecule has 1 heterocycles. The molecule has 6 heteroatoms. The zero-order chi connectivity index (χ0) is 14.4. The molecule has 3 rings (SSSR count). The summed E-state index contributed by atoms with van der Waals surface area (Å²) >= 11 is 0. The first-order valence-electron chi connectivity index (χ1n) is 6.75. The molecule has 0 radical (unpaired) electrons. The number of amides is 1. The number of hydrogen-bond acceptors (Lipinski definition) is 3. The Kier molecular flexibility index (Phi) is 3.29. The summed E-state index contributed by atoms with van der Waals surface area (Å²) in [5.41, 5.74) is 0.733. The van der Waals surface area contributed by atoms with Crippen LogP contribution in [0.5, 0.6) is 0 Å². The third-order valence-electron chi connectivity index (χ3n) is 4.54. The van der Waals surface area contributed by atoms with E-state index in [1.165, 1.54) is 5.56 Å². The molecule has 2 fully saturated rings. The summed E-state index contributed by atoms with van der Waals surface area (Å²) in [5, 5.41) is 0. The van der Waals surface area contributed by atoms with Crippen molar-refractivity contribution in [3.05, 3.63) is 35.9 Å². The second-order valence-electron chi connectivity index (χ2n) is 5.69. The maximum atomic E-state index is 11.6. The van der Waals surface area contributed by atoms with Gasteiger partial charge in [-0.05, 0) is 37.2 Å². The molecular weight excluding hydrogens is 298 g/mol. The van der Waals surface area contributed by atoms with E-state index in [4.69, 9.17) is 10.7 Å². The highest BCUT2D eigenvalue weighted by atomic mass is 35.7. The van der Waals surface area contributed by atoms with Crippen molar-refractivity contribution in [1.29, 1.82) is 0 Å². The Bertz CT molecular complexity index is 621. The zero-order valence-corrected chi connectivity index (χ0v) is 12.5. The van der Waals surface area contributed by atoms with E-state index >= 15 is 0 Å². The van der Waals surface area contributed by atoms with Crippen LogP contribution in [0.1, 0.15) is 43.6 Å². The molecule has 0 atom stereocenters. The lowest BCUT2D eigenvalue weighted by Gasteiger charge is -2.52. The molecule has 1 aromatic carbocycles. The average Bonchev–Trinajstić information content (AvgIpc) is 2.38. The van der Waals surface area contributed by atoms with Crippen LogP contribution in [0, 0.1) is 0 Å². The Morgan fingerprint density at radius 1 is 1.15 bits per heavy atom. The number of β-lactam (4-membered cyclic amide) rings is 1. The molecule has 1 aliphatic heterocycles. The van der Waals surface area contributed by atoms with Gasteiger partial charge >= 0.3 is 9.24 Å². The molecule has 1 spiro atoms. The van der Waals surface area contributed by atoms with Crippen molar-refractivity contribution in [3.63, 3.8) is 0 Å². The maximum absolute atomic E-state index is 11.6. The number of benzene rings is 1. The second kappa shape index (κ2) is 4.74. The van der Waals surface area contributed by atoms with Gasteiger partial charge in [-0.2, -0.15) is 8.42 Å². The highest BCUT2D eigenvalue weighted by molar-refractivity contribution is 8.12. The van der Waals surface area contributed by atoms with Gasteiger partial charge in [0.2, 0.25) is 5.91 Å². The van der Waals surface area contributed by atoms with Gasteiger partial charge in [0.15, 0.2) is 0 Å². The number of halogens is 1. The monoisotopic (exact) mass is 313 g/mol. The van der Waals surface area contributed by atoms with Crippen LogP contribution in [-0.2, 0) is 14.0 Å². The van der Waals surface area contributed by atoms with Crippen LogP contribution in [0.25, 0.3) is 0 Å². The van der Waals surface area contributed by atoms with Crippen LogP contribution >= 0.6 is 10.7 Å². The van der Waals surface area contributed by atoms with Crippen molar-refractivity contribution in [2.24, 2.45) is 0 Å². The van der Waals surface area contributed by atoms with Crippen molar-refractivity contribution >= 4 is 25.8 Å². The minimum atomic E-state index is -3.95. The molecule has 0 unspecified atom stereocenters. The molecule has 1 aromatic rings. The van der Waals surface area contributed by atoms with E-state index in [1.54, 1.807) is 0 Å². The molecule has 0 aromatic heterocycles. The standard InChI is InChI=1S/C14H16ClNO3S/c15-20(18,19)16-13(17)10-14(16)8-6-12(7-9-14)11-4-2-1-3-5-11/h1-5,12H,6-10H2. The van der Waals surface area contributed by atoms with E-state index < -0.39 is 14.8 Å². The van der Waals surface area contributed by atoms with Crippen molar-refractivity contribution < 1.29 is 13.2 Å². The number of carbonyl (C=O) groups excluding carboxylic acids is 1. The highest BCUT2D eigenvalue weighted by Crippen LogP contribution is 2.49. The number of hydrogen-bond donors (Lipinski definition) is 0. The fourth-order valence-electron chi connectivity index (χ4n) is 3.54. The quantitative estimate of drug-likeness (QED) is 0.623. The van der Waals surface area contributed by atoms with Gasteiger partial charge in [0, 0.05) is 10.7 Å². The van der Waals surface area contributed by atoms with Crippen LogP contribution in [0.15, 0.2) is 30.3 Å². The average molecular weight is 314 g/mol. The summed E-state index contributed by atoms with van der Waals surface area (Å²) in [6, 6.07) is 10.2. The first-order valence-corrected chi connectivity index (χ1v) is 9.02. The van der Waals surface area contributed by atoms with E-state index in [-0.39, 0.29) is 5.91 Å². The highest BCUT2D eigenvalue weighted by Gasteiger charge is 2.57. The first kappa shape index (κ1) is 13.9. The van der Waals surface area contributed by atoms with Crippen LogP contribution in [0.3, 0.4) is 0 Å². The number of nitrogens with zero attached hydrogens (tertiary/aromatic N) is 1. The fraction of sp³-hybridized carbons (Fsp3) is 0.500. The Morgan fingerprint density at radius 3 is 2.25 bits per heavy atom. The Balaban J connectivity index is 1.75. The van der Waals surface area contributed by atoms with Gasteiger partial charge in [-0.1, -0.05) is 30.3 Å². The van der Waals surface area contributed by atoms with E-state index in [0.29, 0.717) is 25.2 Å². The molecule has 1 amide bonds. The van der Waals surface area contributed by atoms with Crippen molar-refractivity contribution in [1.82, 2.24) is 4.31 Å². The topological polar surface area (TPSA) is 54.5 Å². The smallest absolute Gasteiger partial charge is 0.274 e. The number of rotatable bonds is 2. The molecule has 0 bridgehead atoms. The number of carbonyl (C=O) groups is 1. The SMILES string of the molecule is O=C1CC2(CCC(c3ccccc3)CC2)N1S(=O)(=O)Cl. The van der Waals surface area contributed by atoms with Gasteiger partial charge in [0.05, 0.1) is 12.0 Å². The second-order valence-corrected chi connectivity index (χ2v) is 8.05. The fourth-order valence-corrected chi connectivity index (χ4v) is 5.23. The van der Waals surface area contributed by atoms with E-state index in [0.717, 1.165) is 17.1 Å².